The van der Waals surface area contributed by atoms with Gasteiger partial charge in [0.05, 0.1) is 12.2 Å². The molecule has 0 aliphatic rings. The number of aryl methyl sites for hydroxylation is 1. The van der Waals surface area contributed by atoms with Gasteiger partial charge in [0.1, 0.15) is 0 Å². The average molecular weight is 228 g/mol. The second-order valence-electron chi connectivity index (χ2n) is 3.71. The van der Waals surface area contributed by atoms with Gasteiger partial charge in [-0.1, -0.05) is 26.0 Å². The van der Waals surface area contributed by atoms with Crippen LogP contribution in [-0.4, -0.2) is 32.5 Å². The zero-order chi connectivity index (χ0) is 11.1. The highest BCUT2D eigenvalue weighted by atomic mass is 32.2. The maximum absolute atomic E-state index is 4.11. The molecule has 0 bridgehead atoms. The van der Waals surface area contributed by atoms with E-state index in [0.717, 1.165) is 30.3 Å². The number of hydrogen-bond acceptors (Lipinski definition) is 4. The molecule has 0 aliphatic carbocycles. The smallest absolute Gasteiger partial charge is 0.0964 e. The number of hydrogen-bond donors (Lipinski definition) is 1. The van der Waals surface area contributed by atoms with Crippen molar-refractivity contribution in [3.05, 3.63) is 11.9 Å². The average Bonchev–Trinajstić information content (AvgIpc) is 2.63. The molecular weight excluding hydrogens is 208 g/mol. The SMILES string of the molecule is CCSCCn1cc(CNC(C)C)nn1. The van der Waals surface area contributed by atoms with Crippen LogP contribution in [0.1, 0.15) is 26.5 Å². The summed E-state index contributed by atoms with van der Waals surface area (Å²) in [5, 5.41) is 11.5. The van der Waals surface area contributed by atoms with E-state index in [-0.39, 0.29) is 0 Å². The minimum atomic E-state index is 0.491. The number of aromatic nitrogens is 3. The van der Waals surface area contributed by atoms with Gasteiger partial charge in [0, 0.05) is 24.5 Å². The summed E-state index contributed by atoms with van der Waals surface area (Å²) >= 11 is 1.93. The molecule has 1 rings (SSSR count). The highest BCUT2D eigenvalue weighted by Crippen LogP contribution is 2.00. The van der Waals surface area contributed by atoms with Gasteiger partial charge in [-0.3, -0.25) is 4.68 Å². The molecule has 1 aromatic rings. The molecule has 0 radical (unpaired) electrons. The third-order valence-corrected chi connectivity index (χ3v) is 2.83. The molecule has 0 amide bonds. The molecule has 1 heterocycles. The van der Waals surface area contributed by atoms with Crippen molar-refractivity contribution in [2.24, 2.45) is 0 Å². The molecule has 1 N–H and O–H groups in total. The van der Waals surface area contributed by atoms with E-state index in [4.69, 9.17) is 0 Å². The van der Waals surface area contributed by atoms with Gasteiger partial charge in [0.15, 0.2) is 0 Å². The van der Waals surface area contributed by atoms with E-state index in [9.17, 15) is 0 Å². The summed E-state index contributed by atoms with van der Waals surface area (Å²) in [5.74, 6) is 2.27. The Bertz CT molecular complexity index is 272. The third kappa shape index (κ3) is 5.18. The summed E-state index contributed by atoms with van der Waals surface area (Å²) in [4.78, 5) is 0. The molecule has 1 aromatic heterocycles. The minimum Gasteiger partial charge on any atom is -0.309 e. The lowest BCUT2D eigenvalue weighted by Gasteiger charge is -2.04. The van der Waals surface area contributed by atoms with Crippen LogP contribution in [0.15, 0.2) is 6.20 Å². The van der Waals surface area contributed by atoms with E-state index in [1.807, 2.05) is 22.6 Å². The lowest BCUT2D eigenvalue weighted by Crippen LogP contribution is -2.21. The second-order valence-corrected chi connectivity index (χ2v) is 5.10. The van der Waals surface area contributed by atoms with Gasteiger partial charge in [-0.05, 0) is 5.75 Å². The van der Waals surface area contributed by atoms with E-state index >= 15 is 0 Å². The van der Waals surface area contributed by atoms with Gasteiger partial charge < -0.3 is 5.32 Å². The Morgan fingerprint density at radius 3 is 3.00 bits per heavy atom. The van der Waals surface area contributed by atoms with Crippen LogP contribution < -0.4 is 5.32 Å². The van der Waals surface area contributed by atoms with Crippen LogP contribution in [0.5, 0.6) is 0 Å². The molecular formula is C10H20N4S. The van der Waals surface area contributed by atoms with Crippen molar-refractivity contribution in [2.45, 2.75) is 39.9 Å². The van der Waals surface area contributed by atoms with Crippen molar-refractivity contribution in [3.8, 4) is 0 Å². The van der Waals surface area contributed by atoms with E-state index in [1.54, 1.807) is 0 Å². The van der Waals surface area contributed by atoms with Crippen molar-refractivity contribution >= 4 is 11.8 Å². The molecule has 0 saturated carbocycles. The lowest BCUT2D eigenvalue weighted by atomic mass is 10.3. The fraction of sp³-hybridized carbons (Fsp3) is 0.800. The topological polar surface area (TPSA) is 42.7 Å². The summed E-state index contributed by atoms with van der Waals surface area (Å²) < 4.78 is 1.92. The highest BCUT2D eigenvalue weighted by molar-refractivity contribution is 7.99. The normalized spacial score (nSPS) is 11.2. The predicted octanol–water partition coefficient (Wildman–Crippen LogP) is 1.53. The molecule has 15 heavy (non-hydrogen) atoms. The Morgan fingerprint density at radius 2 is 2.33 bits per heavy atom. The number of nitrogens with zero attached hydrogens (tertiary/aromatic N) is 3. The Hall–Kier alpha value is -0.550. The quantitative estimate of drug-likeness (QED) is 0.719. The summed E-state index contributed by atoms with van der Waals surface area (Å²) in [7, 11) is 0. The molecule has 4 nitrogen and oxygen atoms in total. The molecule has 86 valence electrons. The Kier molecular flexibility index (Phi) is 5.71. The zero-order valence-electron chi connectivity index (χ0n) is 9.73. The molecule has 0 fully saturated rings. The van der Waals surface area contributed by atoms with Crippen molar-refractivity contribution in [3.63, 3.8) is 0 Å². The van der Waals surface area contributed by atoms with Crippen LogP contribution in [0, 0.1) is 0 Å². The maximum atomic E-state index is 4.11. The molecule has 0 spiro atoms. The van der Waals surface area contributed by atoms with Gasteiger partial charge in [-0.15, -0.1) is 5.10 Å². The monoisotopic (exact) mass is 228 g/mol. The van der Waals surface area contributed by atoms with E-state index in [1.165, 1.54) is 0 Å². The van der Waals surface area contributed by atoms with Gasteiger partial charge in [0.2, 0.25) is 0 Å². The summed E-state index contributed by atoms with van der Waals surface area (Å²) in [6.07, 6.45) is 2.02. The zero-order valence-corrected chi connectivity index (χ0v) is 10.5. The third-order valence-electron chi connectivity index (χ3n) is 1.95. The second kappa shape index (κ2) is 6.85. The van der Waals surface area contributed by atoms with Crippen molar-refractivity contribution in [2.75, 3.05) is 11.5 Å². The summed E-state index contributed by atoms with van der Waals surface area (Å²) in [6, 6.07) is 0.491. The Morgan fingerprint density at radius 1 is 1.53 bits per heavy atom. The van der Waals surface area contributed by atoms with E-state index in [0.29, 0.717) is 6.04 Å². The largest absolute Gasteiger partial charge is 0.309 e. The predicted molar refractivity (Wildman–Crippen MR) is 65.0 cm³/mol. The summed E-state index contributed by atoms with van der Waals surface area (Å²) in [5.41, 5.74) is 1.02. The molecule has 0 unspecified atom stereocenters. The first-order chi connectivity index (χ1) is 7.22. The molecule has 0 aliphatic heterocycles. The van der Waals surface area contributed by atoms with Crippen molar-refractivity contribution in [1.82, 2.24) is 20.3 Å². The number of thioether (sulfide) groups is 1. The maximum Gasteiger partial charge on any atom is 0.0964 e. The van der Waals surface area contributed by atoms with Gasteiger partial charge >= 0.3 is 0 Å². The molecule has 0 atom stereocenters. The van der Waals surface area contributed by atoms with Crippen LogP contribution in [0.2, 0.25) is 0 Å². The Balaban J connectivity index is 2.29. The van der Waals surface area contributed by atoms with Gasteiger partial charge in [-0.2, -0.15) is 11.8 Å². The standard InChI is InChI=1S/C10H20N4S/c1-4-15-6-5-14-8-10(12-13-14)7-11-9(2)3/h8-9,11H,4-7H2,1-3H3. The van der Waals surface area contributed by atoms with Gasteiger partial charge in [-0.25, -0.2) is 0 Å². The van der Waals surface area contributed by atoms with Crippen LogP contribution in [0.3, 0.4) is 0 Å². The van der Waals surface area contributed by atoms with Crippen LogP contribution in [-0.2, 0) is 13.1 Å². The minimum absolute atomic E-state index is 0.491. The fourth-order valence-corrected chi connectivity index (χ4v) is 1.74. The highest BCUT2D eigenvalue weighted by Gasteiger charge is 2.00. The molecule has 0 saturated heterocycles. The summed E-state index contributed by atoms with van der Waals surface area (Å²) in [6.45, 7) is 8.18. The van der Waals surface area contributed by atoms with Gasteiger partial charge in [0.25, 0.3) is 0 Å². The lowest BCUT2D eigenvalue weighted by molar-refractivity contribution is 0.580. The van der Waals surface area contributed by atoms with Crippen molar-refractivity contribution < 1.29 is 0 Å². The number of nitrogens with one attached hydrogen (secondary N) is 1. The van der Waals surface area contributed by atoms with Crippen LogP contribution in [0.4, 0.5) is 0 Å². The Labute approximate surface area is 95.8 Å². The number of rotatable bonds is 7. The first-order valence-corrected chi connectivity index (χ1v) is 6.58. The van der Waals surface area contributed by atoms with E-state index < -0.39 is 0 Å². The first kappa shape index (κ1) is 12.5. The van der Waals surface area contributed by atoms with E-state index in [2.05, 4.69) is 36.4 Å². The first-order valence-electron chi connectivity index (χ1n) is 5.42. The van der Waals surface area contributed by atoms with Crippen LogP contribution >= 0.6 is 11.8 Å². The molecule has 5 heteroatoms. The molecule has 0 aromatic carbocycles. The van der Waals surface area contributed by atoms with Crippen molar-refractivity contribution in [1.29, 1.82) is 0 Å². The van der Waals surface area contributed by atoms with Crippen LogP contribution in [0.25, 0.3) is 0 Å². The fourth-order valence-electron chi connectivity index (χ4n) is 1.14.